The quantitative estimate of drug-likeness (QED) is 0.832. The lowest BCUT2D eigenvalue weighted by Crippen LogP contribution is -2.27. The summed E-state index contributed by atoms with van der Waals surface area (Å²) in [4.78, 5) is 1.04. The van der Waals surface area contributed by atoms with Crippen molar-refractivity contribution in [3.63, 3.8) is 0 Å². The number of rotatable bonds is 5. The van der Waals surface area contributed by atoms with E-state index in [-0.39, 0.29) is 0 Å². The van der Waals surface area contributed by atoms with Crippen molar-refractivity contribution >= 4 is 11.3 Å². The van der Waals surface area contributed by atoms with Crippen molar-refractivity contribution in [3.8, 4) is 0 Å². The van der Waals surface area contributed by atoms with E-state index >= 15 is 0 Å². The van der Waals surface area contributed by atoms with Crippen LogP contribution in [0.15, 0.2) is 11.4 Å². The van der Waals surface area contributed by atoms with Gasteiger partial charge in [0.2, 0.25) is 0 Å². The average molecular weight is 251 g/mol. The molecule has 0 aliphatic carbocycles. The summed E-state index contributed by atoms with van der Waals surface area (Å²) in [6.07, 6.45) is -4.10. The third-order valence-electron chi connectivity index (χ3n) is 2.23. The standard InChI is InChI=1S/C11H16F3NS/c1-3-4-15-10(6-11(12,13)14)9-5-8(2)16-7-9/h5,7,10,15H,3-4,6H2,1-2H3. The molecule has 1 unspecified atom stereocenters. The van der Waals surface area contributed by atoms with Crippen LogP contribution in [0.5, 0.6) is 0 Å². The molecule has 0 saturated heterocycles. The number of hydrogen-bond acceptors (Lipinski definition) is 2. The molecule has 1 aromatic rings. The number of nitrogens with one attached hydrogen (secondary N) is 1. The maximum absolute atomic E-state index is 12.4. The fraction of sp³-hybridized carbons (Fsp3) is 0.636. The van der Waals surface area contributed by atoms with E-state index in [4.69, 9.17) is 0 Å². The van der Waals surface area contributed by atoms with Gasteiger partial charge in [-0.3, -0.25) is 0 Å². The van der Waals surface area contributed by atoms with E-state index in [0.717, 1.165) is 16.9 Å². The van der Waals surface area contributed by atoms with E-state index in [1.807, 2.05) is 19.9 Å². The van der Waals surface area contributed by atoms with Gasteiger partial charge < -0.3 is 5.32 Å². The maximum atomic E-state index is 12.4. The minimum Gasteiger partial charge on any atom is -0.310 e. The second-order valence-corrected chi connectivity index (χ2v) is 4.93. The molecule has 0 amide bonds. The minimum atomic E-state index is -4.12. The first-order chi connectivity index (χ1) is 7.42. The zero-order valence-electron chi connectivity index (χ0n) is 9.40. The molecule has 1 atom stereocenters. The molecule has 1 heterocycles. The second-order valence-electron chi connectivity index (χ2n) is 3.82. The monoisotopic (exact) mass is 251 g/mol. The Labute approximate surface area is 97.7 Å². The molecule has 92 valence electrons. The molecule has 1 aromatic heterocycles. The summed E-state index contributed by atoms with van der Waals surface area (Å²) in [7, 11) is 0. The van der Waals surface area contributed by atoms with Crippen LogP contribution in [0.3, 0.4) is 0 Å². The van der Waals surface area contributed by atoms with E-state index in [0.29, 0.717) is 6.54 Å². The molecule has 0 saturated carbocycles. The van der Waals surface area contributed by atoms with Crippen molar-refractivity contribution in [2.24, 2.45) is 0 Å². The third-order valence-corrected chi connectivity index (χ3v) is 3.11. The summed E-state index contributed by atoms with van der Waals surface area (Å²) >= 11 is 1.48. The van der Waals surface area contributed by atoms with Crippen molar-refractivity contribution in [2.45, 2.75) is 38.9 Å². The van der Waals surface area contributed by atoms with E-state index < -0.39 is 18.6 Å². The largest absolute Gasteiger partial charge is 0.390 e. The SMILES string of the molecule is CCCNC(CC(F)(F)F)c1csc(C)c1. The van der Waals surface area contributed by atoms with Gasteiger partial charge in [0, 0.05) is 10.9 Å². The van der Waals surface area contributed by atoms with Gasteiger partial charge in [-0.1, -0.05) is 6.92 Å². The summed E-state index contributed by atoms with van der Waals surface area (Å²) in [6.45, 7) is 4.45. The number of hydrogen-bond donors (Lipinski definition) is 1. The van der Waals surface area contributed by atoms with Gasteiger partial charge in [0.05, 0.1) is 6.42 Å². The Morgan fingerprint density at radius 2 is 2.12 bits per heavy atom. The van der Waals surface area contributed by atoms with E-state index in [9.17, 15) is 13.2 Å². The highest BCUT2D eigenvalue weighted by Crippen LogP contribution is 2.31. The molecule has 16 heavy (non-hydrogen) atoms. The highest BCUT2D eigenvalue weighted by atomic mass is 32.1. The summed E-state index contributed by atoms with van der Waals surface area (Å²) in [5, 5.41) is 4.74. The molecule has 1 nitrogen and oxygen atoms in total. The van der Waals surface area contributed by atoms with Crippen LogP contribution in [0.25, 0.3) is 0 Å². The Morgan fingerprint density at radius 3 is 2.56 bits per heavy atom. The highest BCUT2D eigenvalue weighted by molar-refractivity contribution is 7.10. The van der Waals surface area contributed by atoms with E-state index in [1.54, 1.807) is 5.38 Å². The van der Waals surface area contributed by atoms with Crippen molar-refractivity contribution in [2.75, 3.05) is 6.54 Å². The fourth-order valence-electron chi connectivity index (χ4n) is 1.50. The Balaban J connectivity index is 2.71. The Bertz CT molecular complexity index is 319. The fourth-order valence-corrected chi connectivity index (χ4v) is 2.26. The first-order valence-corrected chi connectivity index (χ1v) is 6.15. The van der Waals surface area contributed by atoms with Crippen LogP contribution in [0.4, 0.5) is 13.2 Å². The van der Waals surface area contributed by atoms with Crippen molar-refractivity contribution in [1.82, 2.24) is 5.32 Å². The van der Waals surface area contributed by atoms with Gasteiger partial charge >= 0.3 is 6.18 Å². The summed E-state index contributed by atoms with van der Waals surface area (Å²) in [5.41, 5.74) is 0.744. The van der Waals surface area contributed by atoms with Crippen molar-refractivity contribution in [3.05, 3.63) is 21.9 Å². The Morgan fingerprint density at radius 1 is 1.44 bits per heavy atom. The molecule has 0 aliphatic heterocycles. The zero-order valence-corrected chi connectivity index (χ0v) is 10.2. The molecule has 0 bridgehead atoms. The predicted molar refractivity (Wildman–Crippen MR) is 60.8 cm³/mol. The Hall–Kier alpha value is -0.550. The first kappa shape index (κ1) is 13.5. The van der Waals surface area contributed by atoms with Crippen LogP contribution in [0.2, 0.25) is 0 Å². The molecule has 1 N–H and O–H groups in total. The number of halogens is 3. The van der Waals surface area contributed by atoms with Crippen LogP contribution in [-0.4, -0.2) is 12.7 Å². The molecule has 0 spiro atoms. The molecular weight excluding hydrogens is 235 g/mol. The van der Waals surface area contributed by atoms with E-state index in [1.165, 1.54) is 11.3 Å². The summed E-state index contributed by atoms with van der Waals surface area (Å²) < 4.78 is 37.2. The molecule has 1 rings (SSSR count). The van der Waals surface area contributed by atoms with Crippen LogP contribution >= 0.6 is 11.3 Å². The van der Waals surface area contributed by atoms with Gasteiger partial charge in [-0.2, -0.15) is 13.2 Å². The van der Waals surface area contributed by atoms with Crippen molar-refractivity contribution in [1.29, 1.82) is 0 Å². The Kier molecular flexibility index (Phi) is 4.80. The van der Waals surface area contributed by atoms with Crippen LogP contribution < -0.4 is 5.32 Å². The number of thiophene rings is 1. The smallest absolute Gasteiger partial charge is 0.310 e. The van der Waals surface area contributed by atoms with Crippen LogP contribution in [0.1, 0.15) is 36.2 Å². The normalized spacial score (nSPS) is 14.1. The molecule has 0 aliphatic rings. The minimum absolute atomic E-state index is 0.607. The summed E-state index contributed by atoms with van der Waals surface area (Å²) in [5.74, 6) is 0. The van der Waals surface area contributed by atoms with Gasteiger partial charge in [-0.25, -0.2) is 0 Å². The third kappa shape index (κ3) is 4.53. The lowest BCUT2D eigenvalue weighted by atomic mass is 10.1. The van der Waals surface area contributed by atoms with Gasteiger partial charge in [0.1, 0.15) is 0 Å². The molecule has 5 heteroatoms. The zero-order chi connectivity index (χ0) is 12.2. The lowest BCUT2D eigenvalue weighted by molar-refractivity contribution is -0.140. The molecule has 0 radical (unpaired) electrons. The predicted octanol–water partition coefficient (Wildman–Crippen LogP) is 4.05. The van der Waals surface area contributed by atoms with Gasteiger partial charge in [-0.15, -0.1) is 11.3 Å². The van der Waals surface area contributed by atoms with Gasteiger partial charge in [0.25, 0.3) is 0 Å². The topological polar surface area (TPSA) is 12.0 Å². The molecule has 0 aromatic carbocycles. The number of aryl methyl sites for hydroxylation is 1. The first-order valence-electron chi connectivity index (χ1n) is 5.27. The van der Waals surface area contributed by atoms with Crippen LogP contribution in [0, 0.1) is 6.92 Å². The van der Waals surface area contributed by atoms with Gasteiger partial charge in [-0.05, 0) is 36.9 Å². The molecular formula is C11H16F3NS. The van der Waals surface area contributed by atoms with Crippen molar-refractivity contribution < 1.29 is 13.2 Å². The van der Waals surface area contributed by atoms with E-state index in [2.05, 4.69) is 5.32 Å². The lowest BCUT2D eigenvalue weighted by Gasteiger charge is -2.19. The average Bonchev–Trinajstić information content (AvgIpc) is 2.57. The highest BCUT2D eigenvalue weighted by Gasteiger charge is 2.32. The maximum Gasteiger partial charge on any atom is 0.390 e. The van der Waals surface area contributed by atoms with Crippen LogP contribution in [-0.2, 0) is 0 Å². The number of alkyl halides is 3. The summed E-state index contributed by atoms with van der Waals surface area (Å²) in [6, 6.07) is 1.22. The second kappa shape index (κ2) is 5.68. The molecule has 0 fully saturated rings. The van der Waals surface area contributed by atoms with Gasteiger partial charge in [0.15, 0.2) is 0 Å².